The van der Waals surface area contributed by atoms with Gasteiger partial charge in [-0.3, -0.25) is 4.79 Å². The van der Waals surface area contributed by atoms with Crippen LogP contribution in [0.1, 0.15) is 36.0 Å². The molecule has 0 unspecified atom stereocenters. The molecule has 1 aliphatic heterocycles. The molecule has 6 nitrogen and oxygen atoms in total. The molecule has 26 heavy (non-hydrogen) atoms. The van der Waals surface area contributed by atoms with Gasteiger partial charge in [-0.1, -0.05) is 6.07 Å². The Balaban J connectivity index is 1.77. The number of sulfonamides is 1. The molecule has 1 aliphatic carbocycles. The average molecular weight is 380 g/mol. The standard InChI is InChI=1S/C19H29N3O3S/c1-14-12-16(3)18(13-15(14)2)26(24,25)22(17-4-5-17)9-6-19(23)21-10-7-20-8-11-21/h12-13,17,20H,4-11H2,1-3H3. The fourth-order valence-electron chi connectivity index (χ4n) is 3.48. The number of hydrogen-bond donors (Lipinski definition) is 1. The van der Waals surface area contributed by atoms with Gasteiger partial charge in [-0.05, 0) is 56.4 Å². The zero-order valence-electron chi connectivity index (χ0n) is 15.9. The van der Waals surface area contributed by atoms with E-state index in [-0.39, 0.29) is 24.9 Å². The van der Waals surface area contributed by atoms with Gasteiger partial charge in [0.2, 0.25) is 15.9 Å². The van der Waals surface area contributed by atoms with Gasteiger partial charge in [-0.2, -0.15) is 4.31 Å². The first-order valence-corrected chi connectivity index (χ1v) is 10.8. The molecule has 2 fully saturated rings. The summed E-state index contributed by atoms with van der Waals surface area (Å²) in [5.74, 6) is 0.0455. The van der Waals surface area contributed by atoms with E-state index in [4.69, 9.17) is 0 Å². The summed E-state index contributed by atoms with van der Waals surface area (Å²) < 4.78 is 28.1. The third-order valence-corrected chi connectivity index (χ3v) is 7.44. The lowest BCUT2D eigenvalue weighted by atomic mass is 10.1. The molecule has 0 atom stereocenters. The maximum Gasteiger partial charge on any atom is 0.243 e. The Morgan fingerprint density at radius 3 is 2.35 bits per heavy atom. The number of rotatable bonds is 6. The van der Waals surface area contributed by atoms with E-state index in [9.17, 15) is 13.2 Å². The van der Waals surface area contributed by atoms with Crippen LogP contribution in [0.4, 0.5) is 0 Å². The van der Waals surface area contributed by atoms with Crippen molar-refractivity contribution < 1.29 is 13.2 Å². The summed E-state index contributed by atoms with van der Waals surface area (Å²) in [5.41, 5.74) is 2.84. The first kappa shape index (κ1) is 19.3. The van der Waals surface area contributed by atoms with E-state index in [2.05, 4.69) is 5.32 Å². The molecule has 1 saturated carbocycles. The minimum Gasteiger partial charge on any atom is -0.340 e. The first-order valence-electron chi connectivity index (χ1n) is 9.39. The van der Waals surface area contributed by atoms with Crippen LogP contribution in [0.3, 0.4) is 0 Å². The normalized spacial score (nSPS) is 18.4. The molecule has 1 aromatic carbocycles. The first-order chi connectivity index (χ1) is 12.3. The molecule has 0 spiro atoms. The third-order valence-electron chi connectivity index (χ3n) is 5.35. The van der Waals surface area contributed by atoms with Gasteiger partial charge < -0.3 is 10.2 Å². The second-order valence-corrected chi connectivity index (χ2v) is 9.29. The summed E-state index contributed by atoms with van der Waals surface area (Å²) in [6.07, 6.45) is 2.01. The quantitative estimate of drug-likeness (QED) is 0.815. The van der Waals surface area contributed by atoms with Gasteiger partial charge in [0.1, 0.15) is 0 Å². The van der Waals surface area contributed by atoms with E-state index in [0.29, 0.717) is 18.0 Å². The van der Waals surface area contributed by atoms with E-state index in [1.807, 2.05) is 31.7 Å². The lowest BCUT2D eigenvalue weighted by Gasteiger charge is -2.29. The van der Waals surface area contributed by atoms with Crippen molar-refractivity contribution in [3.63, 3.8) is 0 Å². The van der Waals surface area contributed by atoms with Crippen molar-refractivity contribution in [2.75, 3.05) is 32.7 Å². The van der Waals surface area contributed by atoms with Crippen LogP contribution in [0.2, 0.25) is 0 Å². The molecule has 0 aromatic heterocycles. The molecule has 1 amide bonds. The average Bonchev–Trinajstić information content (AvgIpc) is 3.43. The molecular weight excluding hydrogens is 350 g/mol. The predicted octanol–water partition coefficient (Wildman–Crippen LogP) is 1.59. The molecule has 0 bridgehead atoms. The van der Waals surface area contributed by atoms with Crippen LogP contribution in [0, 0.1) is 20.8 Å². The Morgan fingerprint density at radius 1 is 1.12 bits per heavy atom. The molecule has 144 valence electrons. The Labute approximate surface area is 156 Å². The molecule has 1 saturated heterocycles. The van der Waals surface area contributed by atoms with E-state index in [1.54, 1.807) is 10.4 Å². The van der Waals surface area contributed by atoms with Crippen LogP contribution in [0.15, 0.2) is 17.0 Å². The molecular formula is C19H29N3O3S. The van der Waals surface area contributed by atoms with Crippen molar-refractivity contribution in [2.45, 2.75) is 51.0 Å². The van der Waals surface area contributed by atoms with E-state index < -0.39 is 10.0 Å². The Hall–Kier alpha value is -1.44. The second kappa shape index (κ2) is 7.66. The maximum atomic E-state index is 13.3. The van der Waals surface area contributed by atoms with Crippen LogP contribution in [0.25, 0.3) is 0 Å². The number of benzene rings is 1. The second-order valence-electron chi connectivity index (χ2n) is 7.43. The zero-order chi connectivity index (χ0) is 18.9. The van der Waals surface area contributed by atoms with Crippen molar-refractivity contribution in [3.8, 4) is 0 Å². The van der Waals surface area contributed by atoms with Gasteiger partial charge >= 0.3 is 0 Å². The third kappa shape index (κ3) is 4.10. The fraction of sp³-hybridized carbons (Fsp3) is 0.632. The summed E-state index contributed by atoms with van der Waals surface area (Å²) >= 11 is 0. The number of carbonyl (C=O) groups is 1. The van der Waals surface area contributed by atoms with Crippen molar-refractivity contribution in [2.24, 2.45) is 0 Å². The fourth-order valence-corrected chi connectivity index (χ4v) is 5.46. The Bertz CT molecular complexity index is 781. The number of piperazine rings is 1. The van der Waals surface area contributed by atoms with E-state index in [0.717, 1.165) is 42.6 Å². The topological polar surface area (TPSA) is 69.7 Å². The number of nitrogens with one attached hydrogen (secondary N) is 1. The zero-order valence-corrected chi connectivity index (χ0v) is 16.7. The summed E-state index contributed by atoms with van der Waals surface area (Å²) in [6, 6.07) is 3.74. The van der Waals surface area contributed by atoms with Crippen LogP contribution in [-0.2, 0) is 14.8 Å². The number of carbonyl (C=O) groups excluding carboxylic acids is 1. The van der Waals surface area contributed by atoms with Gasteiger partial charge in [0.05, 0.1) is 4.90 Å². The molecule has 3 rings (SSSR count). The largest absolute Gasteiger partial charge is 0.340 e. The minimum atomic E-state index is -3.58. The van der Waals surface area contributed by atoms with Crippen molar-refractivity contribution in [1.29, 1.82) is 0 Å². The highest BCUT2D eigenvalue weighted by Crippen LogP contribution is 2.34. The molecule has 2 aliphatic rings. The van der Waals surface area contributed by atoms with Gasteiger partial charge in [0.15, 0.2) is 0 Å². The molecule has 1 heterocycles. The summed E-state index contributed by atoms with van der Waals surface area (Å²) in [6.45, 7) is 9.04. The van der Waals surface area contributed by atoms with Crippen LogP contribution in [0.5, 0.6) is 0 Å². The summed E-state index contributed by atoms with van der Waals surface area (Å²) in [7, 11) is -3.58. The van der Waals surface area contributed by atoms with Crippen LogP contribution in [-0.4, -0.2) is 62.3 Å². The van der Waals surface area contributed by atoms with Crippen molar-refractivity contribution >= 4 is 15.9 Å². The van der Waals surface area contributed by atoms with Crippen molar-refractivity contribution in [1.82, 2.24) is 14.5 Å². The monoisotopic (exact) mass is 379 g/mol. The SMILES string of the molecule is Cc1cc(C)c(S(=O)(=O)N(CCC(=O)N2CCNCC2)C2CC2)cc1C. The van der Waals surface area contributed by atoms with Crippen molar-refractivity contribution in [3.05, 3.63) is 28.8 Å². The molecule has 7 heteroatoms. The van der Waals surface area contributed by atoms with E-state index >= 15 is 0 Å². The molecule has 0 radical (unpaired) electrons. The predicted molar refractivity (Wildman–Crippen MR) is 102 cm³/mol. The number of nitrogens with zero attached hydrogens (tertiary/aromatic N) is 2. The van der Waals surface area contributed by atoms with Gasteiger partial charge in [-0.25, -0.2) is 8.42 Å². The number of amides is 1. The number of aryl methyl sites for hydroxylation is 3. The molecule has 1 N–H and O–H groups in total. The molecule has 1 aromatic rings. The maximum absolute atomic E-state index is 13.3. The Kier molecular flexibility index (Phi) is 5.69. The Morgan fingerprint density at radius 2 is 1.73 bits per heavy atom. The highest BCUT2D eigenvalue weighted by molar-refractivity contribution is 7.89. The summed E-state index contributed by atoms with van der Waals surface area (Å²) in [5, 5.41) is 3.22. The lowest BCUT2D eigenvalue weighted by Crippen LogP contribution is -2.47. The van der Waals surface area contributed by atoms with Gasteiger partial charge in [0.25, 0.3) is 0 Å². The van der Waals surface area contributed by atoms with Crippen LogP contribution >= 0.6 is 0 Å². The lowest BCUT2D eigenvalue weighted by molar-refractivity contribution is -0.131. The van der Waals surface area contributed by atoms with E-state index in [1.165, 1.54) is 0 Å². The highest BCUT2D eigenvalue weighted by atomic mass is 32.2. The smallest absolute Gasteiger partial charge is 0.243 e. The van der Waals surface area contributed by atoms with Gasteiger partial charge in [0, 0.05) is 45.2 Å². The van der Waals surface area contributed by atoms with Crippen LogP contribution < -0.4 is 5.32 Å². The minimum absolute atomic E-state index is 0.0387. The highest BCUT2D eigenvalue weighted by Gasteiger charge is 2.39. The summed E-state index contributed by atoms with van der Waals surface area (Å²) in [4.78, 5) is 14.7. The number of hydrogen-bond acceptors (Lipinski definition) is 4. The van der Waals surface area contributed by atoms with Gasteiger partial charge in [-0.15, -0.1) is 0 Å².